The fourth-order valence-electron chi connectivity index (χ4n) is 4.43. The predicted octanol–water partition coefficient (Wildman–Crippen LogP) is -0.401. The highest BCUT2D eigenvalue weighted by Crippen LogP contribution is 2.19. The Balaban J connectivity index is 1.63. The van der Waals surface area contributed by atoms with Crippen molar-refractivity contribution >= 4 is 40.6 Å². The standard InChI is InChI=1S/C29H38N8O6/c1-16(35-26(40)21(30)14-18-15-34-22-6-3-2-5-20(18)22)25(39)36-23(7-4-12-33-29(31)32)27(41)37-24(28(42)43)13-17-8-10-19(38)11-9-17/h2-3,5-6,8-11,15-16,21,23-24,34,38H,4,7,12-14,30H2,1H3,(H,35,40)(H,36,39)(H,37,41)(H,42,43)(H4,31,32,33). The fourth-order valence-corrected chi connectivity index (χ4v) is 4.43. The Hall–Kier alpha value is -5.11. The predicted molar refractivity (Wildman–Crippen MR) is 161 cm³/mol. The number of hydrogen-bond donors (Lipinski definition) is 9. The van der Waals surface area contributed by atoms with Gasteiger partial charge in [0.05, 0.1) is 6.04 Å². The molecule has 4 atom stereocenters. The number of fused-ring (bicyclic) bond motifs is 1. The molecule has 230 valence electrons. The number of aromatic hydroxyl groups is 1. The maximum Gasteiger partial charge on any atom is 0.326 e. The molecule has 1 heterocycles. The number of nitrogens with zero attached hydrogens (tertiary/aromatic N) is 1. The van der Waals surface area contributed by atoms with E-state index in [4.69, 9.17) is 17.2 Å². The van der Waals surface area contributed by atoms with Crippen LogP contribution in [0, 0.1) is 0 Å². The number of nitrogens with one attached hydrogen (secondary N) is 4. The number of aliphatic imine (C=N–C) groups is 1. The maximum absolute atomic E-state index is 13.2. The lowest BCUT2D eigenvalue weighted by Crippen LogP contribution is -2.56. The fraction of sp³-hybridized carbons (Fsp3) is 0.345. The molecule has 0 saturated carbocycles. The van der Waals surface area contributed by atoms with Gasteiger partial charge < -0.3 is 48.3 Å². The molecule has 14 heteroatoms. The number of phenols is 1. The Morgan fingerprint density at radius 3 is 2.26 bits per heavy atom. The van der Waals surface area contributed by atoms with Crippen LogP contribution in [-0.2, 0) is 32.0 Å². The van der Waals surface area contributed by atoms with Crippen molar-refractivity contribution in [3.8, 4) is 5.75 Å². The van der Waals surface area contributed by atoms with E-state index in [1.54, 1.807) is 18.3 Å². The highest BCUT2D eigenvalue weighted by atomic mass is 16.4. The lowest BCUT2D eigenvalue weighted by atomic mass is 10.0. The van der Waals surface area contributed by atoms with Crippen LogP contribution in [0.5, 0.6) is 5.75 Å². The van der Waals surface area contributed by atoms with Crippen LogP contribution in [-0.4, -0.2) is 75.6 Å². The third kappa shape index (κ3) is 9.74. The number of para-hydroxylation sites is 1. The van der Waals surface area contributed by atoms with Gasteiger partial charge in [-0.3, -0.25) is 19.4 Å². The number of carboxylic acids is 1. The molecule has 14 nitrogen and oxygen atoms in total. The number of rotatable bonds is 15. The van der Waals surface area contributed by atoms with Crippen molar-refractivity contribution in [1.82, 2.24) is 20.9 Å². The van der Waals surface area contributed by atoms with Gasteiger partial charge >= 0.3 is 5.97 Å². The van der Waals surface area contributed by atoms with Gasteiger partial charge in [0.1, 0.15) is 23.9 Å². The molecule has 12 N–H and O–H groups in total. The van der Waals surface area contributed by atoms with Crippen LogP contribution < -0.4 is 33.2 Å². The molecule has 3 aromatic rings. The van der Waals surface area contributed by atoms with E-state index in [9.17, 15) is 29.4 Å². The first-order valence-corrected chi connectivity index (χ1v) is 13.7. The molecule has 0 radical (unpaired) electrons. The lowest BCUT2D eigenvalue weighted by molar-refractivity contribution is -0.142. The molecule has 0 spiro atoms. The summed E-state index contributed by atoms with van der Waals surface area (Å²) in [5.41, 5.74) is 19.2. The zero-order valence-corrected chi connectivity index (χ0v) is 23.7. The number of H-pyrrole nitrogens is 1. The van der Waals surface area contributed by atoms with Crippen LogP contribution in [0.15, 0.2) is 59.7 Å². The summed E-state index contributed by atoms with van der Waals surface area (Å²) in [6.07, 6.45) is 2.34. The SMILES string of the molecule is CC(NC(=O)C(N)Cc1c[nH]c2ccccc12)C(=O)NC(CCCN=C(N)N)C(=O)NC(Cc1ccc(O)cc1)C(=O)O. The van der Waals surface area contributed by atoms with Crippen LogP contribution in [0.1, 0.15) is 30.9 Å². The number of carboxylic acid groups (broad SMARTS) is 1. The van der Waals surface area contributed by atoms with Crippen molar-refractivity contribution in [3.63, 3.8) is 0 Å². The van der Waals surface area contributed by atoms with Crippen LogP contribution in [0.25, 0.3) is 10.9 Å². The van der Waals surface area contributed by atoms with E-state index >= 15 is 0 Å². The highest BCUT2D eigenvalue weighted by Gasteiger charge is 2.29. The molecule has 3 amide bonds. The summed E-state index contributed by atoms with van der Waals surface area (Å²) >= 11 is 0. The number of hydrogen-bond acceptors (Lipinski definition) is 7. The molecule has 43 heavy (non-hydrogen) atoms. The van der Waals surface area contributed by atoms with E-state index in [1.807, 2.05) is 24.3 Å². The molecule has 0 aliphatic heterocycles. The van der Waals surface area contributed by atoms with Gasteiger partial charge in [-0.15, -0.1) is 0 Å². The number of carbonyl (C=O) groups excluding carboxylic acids is 3. The molecule has 1 aromatic heterocycles. The first-order valence-electron chi connectivity index (χ1n) is 13.7. The van der Waals surface area contributed by atoms with Gasteiger partial charge in [0, 0.05) is 30.1 Å². The van der Waals surface area contributed by atoms with Gasteiger partial charge in [0.2, 0.25) is 17.7 Å². The average Bonchev–Trinajstić information content (AvgIpc) is 3.37. The molecule has 0 saturated heterocycles. The summed E-state index contributed by atoms with van der Waals surface area (Å²) in [6.45, 7) is 1.62. The van der Waals surface area contributed by atoms with Gasteiger partial charge in [0.25, 0.3) is 0 Å². The van der Waals surface area contributed by atoms with E-state index in [2.05, 4.69) is 25.9 Å². The first kappa shape index (κ1) is 32.4. The first-order chi connectivity index (χ1) is 20.4. The van der Waals surface area contributed by atoms with E-state index in [1.165, 1.54) is 19.1 Å². The Kier molecular flexibility index (Phi) is 11.5. The van der Waals surface area contributed by atoms with Crippen molar-refractivity contribution in [1.29, 1.82) is 0 Å². The summed E-state index contributed by atoms with van der Waals surface area (Å²) in [4.78, 5) is 57.9. The molecular formula is C29H38N8O6. The minimum Gasteiger partial charge on any atom is -0.508 e. The number of carbonyl (C=O) groups is 4. The van der Waals surface area contributed by atoms with Crippen molar-refractivity contribution in [2.45, 2.75) is 56.8 Å². The molecule has 0 aliphatic rings. The molecule has 3 rings (SSSR count). The van der Waals surface area contributed by atoms with Crippen molar-refractivity contribution in [3.05, 3.63) is 65.9 Å². The second kappa shape index (κ2) is 15.2. The van der Waals surface area contributed by atoms with Gasteiger partial charge in [-0.25, -0.2) is 4.79 Å². The normalized spacial score (nSPS) is 13.7. The number of aromatic amines is 1. The maximum atomic E-state index is 13.2. The Labute approximate surface area is 248 Å². The number of phenolic OH excluding ortho intramolecular Hbond substituents is 1. The highest BCUT2D eigenvalue weighted by molar-refractivity contribution is 5.94. The zero-order chi connectivity index (χ0) is 31.5. The minimum atomic E-state index is -1.31. The third-order valence-electron chi connectivity index (χ3n) is 6.77. The molecule has 0 bridgehead atoms. The average molecular weight is 595 g/mol. The van der Waals surface area contributed by atoms with Crippen LogP contribution in [0.2, 0.25) is 0 Å². The van der Waals surface area contributed by atoms with Crippen LogP contribution in [0.3, 0.4) is 0 Å². The molecule has 0 fully saturated rings. The van der Waals surface area contributed by atoms with Gasteiger partial charge in [-0.2, -0.15) is 0 Å². The quantitative estimate of drug-likeness (QED) is 0.0629. The topological polar surface area (TPSA) is 251 Å². The summed E-state index contributed by atoms with van der Waals surface area (Å²) < 4.78 is 0. The van der Waals surface area contributed by atoms with Gasteiger partial charge in [0.15, 0.2) is 5.96 Å². The summed E-state index contributed by atoms with van der Waals surface area (Å²) in [6, 6.07) is 9.04. The minimum absolute atomic E-state index is 0.0170. The monoisotopic (exact) mass is 594 g/mol. The molecular weight excluding hydrogens is 556 g/mol. The number of nitrogens with two attached hydrogens (primary N) is 3. The van der Waals surface area contributed by atoms with Crippen LogP contribution in [0.4, 0.5) is 0 Å². The van der Waals surface area contributed by atoms with Gasteiger partial charge in [-0.05, 0) is 55.5 Å². The van der Waals surface area contributed by atoms with Crippen LogP contribution >= 0.6 is 0 Å². The largest absolute Gasteiger partial charge is 0.508 e. The lowest BCUT2D eigenvalue weighted by Gasteiger charge is -2.24. The summed E-state index contributed by atoms with van der Waals surface area (Å²) in [5.74, 6) is -3.36. The number of amides is 3. The van der Waals surface area contributed by atoms with Crippen molar-refractivity contribution in [2.24, 2.45) is 22.2 Å². The Morgan fingerprint density at radius 2 is 1.58 bits per heavy atom. The molecule has 2 aromatic carbocycles. The van der Waals surface area contributed by atoms with Gasteiger partial charge in [-0.1, -0.05) is 30.3 Å². The number of benzene rings is 2. The van der Waals surface area contributed by atoms with E-state index < -0.39 is 47.9 Å². The zero-order valence-electron chi connectivity index (χ0n) is 23.7. The Bertz CT molecular complexity index is 1450. The number of guanidine groups is 1. The van der Waals surface area contributed by atoms with Crippen molar-refractivity contribution in [2.75, 3.05) is 6.54 Å². The van der Waals surface area contributed by atoms with Crippen molar-refractivity contribution < 1.29 is 29.4 Å². The van der Waals surface area contributed by atoms with E-state index in [0.29, 0.717) is 12.0 Å². The molecule has 4 unspecified atom stereocenters. The van der Waals surface area contributed by atoms with E-state index in [-0.39, 0.29) is 37.5 Å². The smallest absolute Gasteiger partial charge is 0.326 e. The third-order valence-corrected chi connectivity index (χ3v) is 6.77. The summed E-state index contributed by atoms with van der Waals surface area (Å²) in [5, 5.41) is 27.7. The summed E-state index contributed by atoms with van der Waals surface area (Å²) in [7, 11) is 0. The number of aromatic nitrogens is 1. The second-order valence-corrected chi connectivity index (χ2v) is 10.2. The van der Waals surface area contributed by atoms with E-state index in [0.717, 1.165) is 16.5 Å². The number of aliphatic carboxylic acids is 1. The second-order valence-electron chi connectivity index (χ2n) is 10.2. The Morgan fingerprint density at radius 1 is 0.907 bits per heavy atom. The molecule has 0 aliphatic carbocycles.